The van der Waals surface area contributed by atoms with Crippen molar-refractivity contribution >= 4 is 16.8 Å². The Bertz CT molecular complexity index is 1210. The fraction of sp³-hybridized carbons (Fsp3) is 0.308. The average molecular weight is 420 g/mol. The van der Waals surface area contributed by atoms with E-state index >= 15 is 0 Å². The topological polar surface area (TPSA) is 51.2 Å². The number of ether oxygens (including phenoxy) is 3. The molecule has 1 aliphatic rings. The third kappa shape index (κ3) is 3.16. The van der Waals surface area contributed by atoms with Crippen LogP contribution in [0.5, 0.6) is 23.0 Å². The van der Waals surface area contributed by atoms with Crippen molar-refractivity contribution in [2.24, 2.45) is 0 Å². The van der Waals surface area contributed by atoms with Gasteiger partial charge in [0.2, 0.25) is 0 Å². The van der Waals surface area contributed by atoms with Gasteiger partial charge < -0.3 is 24.2 Å². The van der Waals surface area contributed by atoms with Gasteiger partial charge in [-0.3, -0.25) is 0 Å². The molecular formula is C26H29NO4. The van der Waals surface area contributed by atoms with Crippen molar-refractivity contribution in [2.45, 2.75) is 26.8 Å². The number of allylic oxidation sites excluding steroid dienone is 1. The highest BCUT2D eigenvalue weighted by Gasteiger charge is 2.29. The zero-order valence-electron chi connectivity index (χ0n) is 19.2. The number of nitrogens with zero attached hydrogens (tertiary/aromatic N) is 1. The fourth-order valence-corrected chi connectivity index (χ4v) is 4.62. The van der Waals surface area contributed by atoms with E-state index in [9.17, 15) is 5.11 Å². The highest BCUT2D eigenvalue weighted by atomic mass is 16.5. The molecule has 0 radical (unpaired) electrons. The number of phenolic OH excluding ortho intramolecular Hbond substituents is 1. The minimum Gasteiger partial charge on any atom is -0.507 e. The van der Waals surface area contributed by atoms with Crippen LogP contribution in [0.25, 0.3) is 28.0 Å². The van der Waals surface area contributed by atoms with Gasteiger partial charge in [0.15, 0.2) is 0 Å². The SMILES string of the molecule is COc1cc(O)c(-c2ccc(OC)c3c(OC)cc(C)cc23)c2c1C(C)N(C)C(C)=C2. The van der Waals surface area contributed by atoms with Crippen molar-refractivity contribution in [3.63, 3.8) is 0 Å². The standard InChI is InChI=1S/C26H29NO4/c1-14-10-18-17(8-9-21(29-5)26(18)22(11-14)30-6)25-19-12-15(2)27(4)16(3)24(19)23(31-7)13-20(25)28/h8-13,16,28H,1-7H3. The molecule has 0 amide bonds. The van der Waals surface area contributed by atoms with Crippen LogP contribution in [-0.2, 0) is 0 Å². The van der Waals surface area contributed by atoms with E-state index in [2.05, 4.69) is 37.9 Å². The van der Waals surface area contributed by atoms with Crippen molar-refractivity contribution in [3.8, 4) is 34.1 Å². The molecule has 0 aromatic heterocycles. The summed E-state index contributed by atoms with van der Waals surface area (Å²) in [5.74, 6) is 2.35. The first-order valence-corrected chi connectivity index (χ1v) is 10.3. The van der Waals surface area contributed by atoms with Crippen LogP contribution in [0.2, 0.25) is 0 Å². The predicted octanol–water partition coefficient (Wildman–Crippen LogP) is 5.91. The molecule has 31 heavy (non-hydrogen) atoms. The number of benzene rings is 3. The smallest absolute Gasteiger partial charge is 0.130 e. The lowest BCUT2D eigenvalue weighted by molar-refractivity contribution is 0.312. The first-order chi connectivity index (χ1) is 14.8. The molecule has 3 aromatic rings. The Kier molecular flexibility index (Phi) is 5.21. The van der Waals surface area contributed by atoms with Crippen LogP contribution in [0.15, 0.2) is 36.0 Å². The van der Waals surface area contributed by atoms with Gasteiger partial charge in [-0.25, -0.2) is 0 Å². The van der Waals surface area contributed by atoms with Crippen LogP contribution in [0.4, 0.5) is 0 Å². The van der Waals surface area contributed by atoms with Gasteiger partial charge in [0.05, 0.1) is 32.8 Å². The molecule has 1 N–H and O–H groups in total. The summed E-state index contributed by atoms with van der Waals surface area (Å²) in [5, 5.41) is 13.0. The maximum atomic E-state index is 11.2. The van der Waals surface area contributed by atoms with Gasteiger partial charge in [0.1, 0.15) is 23.0 Å². The van der Waals surface area contributed by atoms with Crippen molar-refractivity contribution in [3.05, 3.63) is 52.7 Å². The molecule has 1 heterocycles. The van der Waals surface area contributed by atoms with Crippen LogP contribution in [0, 0.1) is 6.92 Å². The molecular weight excluding hydrogens is 390 g/mol. The van der Waals surface area contributed by atoms with Crippen LogP contribution in [-0.4, -0.2) is 38.4 Å². The zero-order chi connectivity index (χ0) is 22.4. The number of rotatable bonds is 4. The molecule has 0 spiro atoms. The number of aromatic hydroxyl groups is 1. The highest BCUT2D eigenvalue weighted by Crippen LogP contribution is 2.50. The Morgan fingerprint density at radius 1 is 0.903 bits per heavy atom. The van der Waals surface area contributed by atoms with Gasteiger partial charge in [-0.15, -0.1) is 0 Å². The summed E-state index contributed by atoms with van der Waals surface area (Å²) >= 11 is 0. The molecule has 5 nitrogen and oxygen atoms in total. The van der Waals surface area contributed by atoms with Crippen molar-refractivity contribution < 1.29 is 19.3 Å². The van der Waals surface area contributed by atoms with E-state index in [0.717, 1.165) is 55.8 Å². The molecule has 0 aliphatic carbocycles. The Morgan fingerprint density at radius 3 is 2.23 bits per heavy atom. The maximum Gasteiger partial charge on any atom is 0.130 e. The number of hydrogen-bond acceptors (Lipinski definition) is 5. The molecule has 0 saturated heterocycles. The van der Waals surface area contributed by atoms with Gasteiger partial charge in [-0.2, -0.15) is 0 Å². The van der Waals surface area contributed by atoms with Crippen LogP contribution in [0.1, 0.15) is 36.6 Å². The minimum absolute atomic E-state index is 0.107. The van der Waals surface area contributed by atoms with E-state index in [1.807, 2.05) is 25.1 Å². The molecule has 0 fully saturated rings. The average Bonchev–Trinajstić information content (AvgIpc) is 2.76. The molecule has 162 valence electrons. The number of hydrogen-bond donors (Lipinski definition) is 1. The van der Waals surface area contributed by atoms with Crippen LogP contribution in [0.3, 0.4) is 0 Å². The second kappa shape index (κ2) is 7.73. The van der Waals surface area contributed by atoms with Crippen LogP contribution >= 0.6 is 0 Å². The summed E-state index contributed by atoms with van der Waals surface area (Å²) in [6, 6.07) is 9.87. The predicted molar refractivity (Wildman–Crippen MR) is 125 cm³/mol. The lowest BCUT2D eigenvalue weighted by Crippen LogP contribution is -2.25. The Balaban J connectivity index is 2.16. The maximum absolute atomic E-state index is 11.2. The third-order valence-electron chi connectivity index (χ3n) is 6.37. The largest absolute Gasteiger partial charge is 0.507 e. The Morgan fingerprint density at radius 2 is 1.58 bits per heavy atom. The van der Waals surface area contributed by atoms with E-state index in [0.29, 0.717) is 5.75 Å². The minimum atomic E-state index is 0.107. The first-order valence-electron chi connectivity index (χ1n) is 10.3. The van der Waals surface area contributed by atoms with E-state index < -0.39 is 0 Å². The van der Waals surface area contributed by atoms with E-state index in [4.69, 9.17) is 14.2 Å². The van der Waals surface area contributed by atoms with Crippen molar-refractivity contribution in [2.75, 3.05) is 28.4 Å². The summed E-state index contributed by atoms with van der Waals surface area (Å²) in [6.45, 7) is 6.27. The van der Waals surface area contributed by atoms with Gasteiger partial charge in [0.25, 0.3) is 0 Å². The second-order valence-corrected chi connectivity index (χ2v) is 8.08. The monoisotopic (exact) mass is 419 g/mol. The molecule has 0 saturated carbocycles. The summed E-state index contributed by atoms with van der Waals surface area (Å²) in [4.78, 5) is 2.21. The summed E-state index contributed by atoms with van der Waals surface area (Å²) in [6.07, 6.45) is 2.12. The summed E-state index contributed by atoms with van der Waals surface area (Å²) in [5.41, 5.74) is 5.95. The van der Waals surface area contributed by atoms with Crippen molar-refractivity contribution in [1.82, 2.24) is 4.90 Å². The zero-order valence-corrected chi connectivity index (χ0v) is 19.2. The molecule has 1 unspecified atom stereocenters. The van der Waals surface area contributed by atoms with Gasteiger partial charge in [-0.05, 0) is 67.1 Å². The molecule has 4 rings (SSSR count). The number of phenols is 1. The molecule has 1 aliphatic heterocycles. The number of aryl methyl sites for hydroxylation is 1. The Labute approximate surface area is 183 Å². The second-order valence-electron chi connectivity index (χ2n) is 8.08. The summed E-state index contributed by atoms with van der Waals surface area (Å²) in [7, 11) is 7.03. The first kappa shape index (κ1) is 20.9. The quantitative estimate of drug-likeness (QED) is 0.569. The van der Waals surface area contributed by atoms with Crippen LogP contribution < -0.4 is 14.2 Å². The fourth-order valence-electron chi connectivity index (χ4n) is 4.62. The number of fused-ring (bicyclic) bond motifs is 2. The highest BCUT2D eigenvalue weighted by molar-refractivity contribution is 6.06. The summed E-state index contributed by atoms with van der Waals surface area (Å²) < 4.78 is 17.0. The Hall–Kier alpha value is -3.34. The van der Waals surface area contributed by atoms with Gasteiger partial charge in [-0.1, -0.05) is 6.07 Å². The molecule has 5 heteroatoms. The van der Waals surface area contributed by atoms with Gasteiger partial charge >= 0.3 is 0 Å². The molecule has 0 bridgehead atoms. The van der Waals surface area contributed by atoms with E-state index in [1.165, 1.54) is 0 Å². The van der Waals surface area contributed by atoms with E-state index in [-0.39, 0.29) is 11.8 Å². The van der Waals surface area contributed by atoms with Crippen molar-refractivity contribution in [1.29, 1.82) is 0 Å². The molecule has 1 atom stereocenters. The third-order valence-corrected chi connectivity index (χ3v) is 6.37. The van der Waals surface area contributed by atoms with E-state index in [1.54, 1.807) is 27.4 Å². The number of methoxy groups -OCH3 is 3. The molecule has 3 aromatic carbocycles. The lowest BCUT2D eigenvalue weighted by atomic mass is 9.85. The normalized spacial score (nSPS) is 15.5. The van der Waals surface area contributed by atoms with Gasteiger partial charge in [0, 0.05) is 29.9 Å². The lowest BCUT2D eigenvalue weighted by Gasteiger charge is -2.35.